The first kappa shape index (κ1) is 7.82. The Morgan fingerprint density at radius 3 is 3.36 bits per heavy atom. The number of aromatic nitrogens is 2. The van der Waals surface area contributed by atoms with Gasteiger partial charge in [0.25, 0.3) is 0 Å². The summed E-state index contributed by atoms with van der Waals surface area (Å²) in [6.45, 7) is 1.47. The largest absolute Gasteiger partial charge is 0.491 e. The van der Waals surface area contributed by atoms with Crippen molar-refractivity contribution in [2.75, 3.05) is 13.2 Å². The van der Waals surface area contributed by atoms with Crippen LogP contribution < -0.4 is 4.74 Å². The summed E-state index contributed by atoms with van der Waals surface area (Å²) in [5.41, 5.74) is 1.03. The van der Waals surface area contributed by atoms with Gasteiger partial charge in [-0.05, 0) is 18.2 Å². The molecule has 1 aliphatic rings. The van der Waals surface area contributed by atoms with Gasteiger partial charge in [0, 0.05) is 5.39 Å². The maximum atomic E-state index is 5.54. The summed E-state index contributed by atoms with van der Waals surface area (Å²) in [6.07, 6.45) is 2.09. The molecule has 2 heterocycles. The van der Waals surface area contributed by atoms with Crippen molar-refractivity contribution in [3.05, 3.63) is 24.4 Å². The van der Waals surface area contributed by atoms with Gasteiger partial charge in [0.15, 0.2) is 0 Å². The Balaban J connectivity index is 1.81. The molecule has 2 aromatic rings. The van der Waals surface area contributed by atoms with Crippen molar-refractivity contribution in [1.82, 2.24) is 10.2 Å². The lowest BCUT2D eigenvalue weighted by Crippen LogP contribution is -2.03. The minimum absolute atomic E-state index is 0.301. The predicted octanol–water partition coefficient (Wildman–Crippen LogP) is 1.34. The Bertz CT molecular complexity index is 448. The van der Waals surface area contributed by atoms with Gasteiger partial charge in [-0.1, -0.05) is 0 Å². The molecule has 0 amide bonds. The molecule has 4 heteroatoms. The Morgan fingerprint density at radius 1 is 1.57 bits per heavy atom. The minimum Gasteiger partial charge on any atom is -0.491 e. The molecular weight excluding hydrogens is 180 g/mol. The fraction of sp³-hybridized carbons (Fsp3) is 0.300. The molecule has 1 aromatic heterocycles. The zero-order valence-corrected chi connectivity index (χ0v) is 7.56. The smallest absolute Gasteiger partial charge is 0.120 e. The molecule has 0 radical (unpaired) electrons. The van der Waals surface area contributed by atoms with Crippen molar-refractivity contribution in [2.45, 2.75) is 6.10 Å². The lowest BCUT2D eigenvalue weighted by Gasteiger charge is -2.02. The maximum absolute atomic E-state index is 5.54. The molecule has 1 N–H and O–H groups in total. The van der Waals surface area contributed by atoms with Gasteiger partial charge in [-0.15, -0.1) is 0 Å². The minimum atomic E-state index is 0.301. The second-order valence-corrected chi connectivity index (χ2v) is 3.39. The highest BCUT2D eigenvalue weighted by atomic mass is 16.6. The number of hydrogen-bond donors (Lipinski definition) is 1. The van der Waals surface area contributed by atoms with Crippen molar-refractivity contribution in [3.8, 4) is 5.75 Å². The van der Waals surface area contributed by atoms with E-state index in [1.54, 1.807) is 6.20 Å². The predicted molar refractivity (Wildman–Crippen MR) is 51.3 cm³/mol. The van der Waals surface area contributed by atoms with Crippen LogP contribution in [-0.4, -0.2) is 29.5 Å². The van der Waals surface area contributed by atoms with E-state index in [0.717, 1.165) is 23.3 Å². The van der Waals surface area contributed by atoms with Crippen molar-refractivity contribution >= 4 is 10.9 Å². The summed E-state index contributed by atoms with van der Waals surface area (Å²) < 4.78 is 10.6. The van der Waals surface area contributed by atoms with E-state index < -0.39 is 0 Å². The van der Waals surface area contributed by atoms with Crippen molar-refractivity contribution in [2.24, 2.45) is 0 Å². The first-order chi connectivity index (χ1) is 6.92. The van der Waals surface area contributed by atoms with Gasteiger partial charge in [0.1, 0.15) is 18.5 Å². The number of aromatic amines is 1. The highest BCUT2D eigenvalue weighted by molar-refractivity contribution is 5.79. The van der Waals surface area contributed by atoms with Gasteiger partial charge in [-0.2, -0.15) is 5.10 Å². The summed E-state index contributed by atoms with van der Waals surface area (Å²) in [7, 11) is 0. The molecule has 3 rings (SSSR count). The molecule has 1 aliphatic heterocycles. The van der Waals surface area contributed by atoms with Crippen molar-refractivity contribution in [1.29, 1.82) is 0 Å². The Kier molecular flexibility index (Phi) is 1.67. The second-order valence-electron chi connectivity index (χ2n) is 3.39. The van der Waals surface area contributed by atoms with Crippen LogP contribution in [0.5, 0.6) is 5.75 Å². The summed E-state index contributed by atoms with van der Waals surface area (Å²) in [5, 5.41) is 7.91. The third-order valence-electron chi connectivity index (χ3n) is 2.25. The monoisotopic (exact) mass is 190 g/mol. The van der Waals surface area contributed by atoms with E-state index in [4.69, 9.17) is 9.47 Å². The number of epoxide rings is 1. The first-order valence-electron chi connectivity index (χ1n) is 4.59. The average Bonchev–Trinajstić information content (AvgIpc) is 2.92. The van der Waals surface area contributed by atoms with Gasteiger partial charge < -0.3 is 9.47 Å². The van der Waals surface area contributed by atoms with Crippen molar-refractivity contribution < 1.29 is 9.47 Å². The number of nitrogens with one attached hydrogen (secondary N) is 1. The third kappa shape index (κ3) is 1.44. The molecule has 0 saturated carbocycles. The number of fused-ring (bicyclic) bond motifs is 1. The standard InChI is InChI=1S/C10H10N2O2/c1-2-10-7(4-11-12-10)3-8(1)13-5-9-6-14-9/h1-4,9H,5-6H2,(H,11,12). The molecule has 14 heavy (non-hydrogen) atoms. The first-order valence-corrected chi connectivity index (χ1v) is 4.59. The lowest BCUT2D eigenvalue weighted by molar-refractivity contribution is 0.263. The number of ether oxygens (including phenoxy) is 2. The molecule has 1 fully saturated rings. The number of H-pyrrole nitrogens is 1. The molecule has 4 nitrogen and oxygen atoms in total. The van der Waals surface area contributed by atoms with Gasteiger partial charge in [-0.25, -0.2) is 0 Å². The number of rotatable bonds is 3. The van der Waals surface area contributed by atoms with E-state index in [2.05, 4.69) is 10.2 Å². The third-order valence-corrected chi connectivity index (χ3v) is 2.25. The molecule has 0 spiro atoms. The molecule has 0 bridgehead atoms. The SMILES string of the molecule is c1cc2[nH]ncc2cc1OCC1CO1. The Hall–Kier alpha value is -1.55. The van der Waals surface area contributed by atoms with E-state index in [0.29, 0.717) is 12.7 Å². The molecule has 1 saturated heterocycles. The van der Waals surface area contributed by atoms with E-state index in [1.807, 2.05) is 18.2 Å². The van der Waals surface area contributed by atoms with E-state index >= 15 is 0 Å². The van der Waals surface area contributed by atoms with E-state index in [-0.39, 0.29) is 0 Å². The Labute approximate surface area is 80.8 Å². The van der Waals surface area contributed by atoms with E-state index in [9.17, 15) is 0 Å². The van der Waals surface area contributed by atoms with Crippen LogP contribution in [0.2, 0.25) is 0 Å². The normalized spacial score (nSPS) is 19.9. The highest BCUT2D eigenvalue weighted by Gasteiger charge is 2.22. The summed E-state index contributed by atoms with van der Waals surface area (Å²) in [6, 6.07) is 5.87. The molecule has 1 unspecified atom stereocenters. The van der Waals surface area contributed by atoms with Crippen LogP contribution in [0, 0.1) is 0 Å². The van der Waals surface area contributed by atoms with Gasteiger partial charge in [0.2, 0.25) is 0 Å². The van der Waals surface area contributed by atoms with Gasteiger partial charge in [0.05, 0.1) is 18.3 Å². The fourth-order valence-corrected chi connectivity index (χ4v) is 1.36. The number of hydrogen-bond acceptors (Lipinski definition) is 3. The summed E-state index contributed by atoms with van der Waals surface area (Å²) in [4.78, 5) is 0. The quantitative estimate of drug-likeness (QED) is 0.743. The molecular formula is C10H10N2O2. The van der Waals surface area contributed by atoms with Crippen LogP contribution in [0.1, 0.15) is 0 Å². The molecule has 72 valence electrons. The zero-order chi connectivity index (χ0) is 9.38. The van der Waals surface area contributed by atoms with E-state index in [1.165, 1.54) is 0 Å². The molecule has 1 atom stereocenters. The summed E-state index contributed by atoms with van der Waals surface area (Å²) >= 11 is 0. The van der Waals surface area contributed by atoms with Gasteiger partial charge >= 0.3 is 0 Å². The van der Waals surface area contributed by atoms with Crippen LogP contribution in [0.25, 0.3) is 10.9 Å². The van der Waals surface area contributed by atoms with Gasteiger partial charge in [-0.3, -0.25) is 5.10 Å². The lowest BCUT2D eigenvalue weighted by atomic mass is 10.2. The van der Waals surface area contributed by atoms with Crippen LogP contribution in [0.15, 0.2) is 24.4 Å². The fourth-order valence-electron chi connectivity index (χ4n) is 1.36. The second kappa shape index (κ2) is 2.99. The summed E-state index contributed by atoms with van der Waals surface area (Å²) in [5.74, 6) is 0.870. The van der Waals surface area contributed by atoms with Crippen LogP contribution in [0.4, 0.5) is 0 Å². The zero-order valence-electron chi connectivity index (χ0n) is 7.56. The highest BCUT2D eigenvalue weighted by Crippen LogP contribution is 2.20. The van der Waals surface area contributed by atoms with Crippen LogP contribution >= 0.6 is 0 Å². The topological polar surface area (TPSA) is 50.4 Å². The maximum Gasteiger partial charge on any atom is 0.120 e. The van der Waals surface area contributed by atoms with Crippen molar-refractivity contribution in [3.63, 3.8) is 0 Å². The van der Waals surface area contributed by atoms with Crippen LogP contribution in [-0.2, 0) is 4.74 Å². The molecule has 1 aromatic carbocycles. The Morgan fingerprint density at radius 2 is 2.50 bits per heavy atom. The van der Waals surface area contributed by atoms with Crippen LogP contribution in [0.3, 0.4) is 0 Å². The molecule has 0 aliphatic carbocycles. The number of benzene rings is 1. The average molecular weight is 190 g/mol. The number of nitrogens with zero attached hydrogens (tertiary/aromatic N) is 1.